The third-order valence-corrected chi connectivity index (χ3v) is 5.38. The van der Waals surface area contributed by atoms with E-state index in [1.807, 2.05) is 0 Å². The van der Waals surface area contributed by atoms with E-state index in [-0.39, 0.29) is 24.4 Å². The molecule has 10 heteroatoms. The largest absolute Gasteiger partial charge is 0.348 e. The number of amides is 1. The number of hydrogen-bond acceptors (Lipinski definition) is 6. The summed E-state index contributed by atoms with van der Waals surface area (Å²) in [6.07, 6.45) is 5.06. The third kappa shape index (κ3) is 4.29. The second-order valence-corrected chi connectivity index (χ2v) is 7.79. The molecule has 0 radical (unpaired) electrons. The molecule has 1 amide bonds. The van der Waals surface area contributed by atoms with Crippen LogP contribution in [-0.4, -0.2) is 26.7 Å². The number of fused-ring (bicyclic) bond motifs is 1. The number of hydrogen-bond donors (Lipinski definition) is 3. The number of aromatic nitrogens is 2. The standard InChI is InChI=1S/C22H21ClN6O3/c1-27-19-6-5-16(20(30)25-11-15-7-8-29(24)26-12-15)10-18(19)21(31)28(22(27)32)13-14-3-2-4-17(23)9-14/h2-10,12,26H,11,13,24H2,1H3,(H,25,30). The van der Waals surface area contributed by atoms with E-state index in [4.69, 9.17) is 17.4 Å². The van der Waals surface area contributed by atoms with Crippen molar-refractivity contribution in [3.05, 3.63) is 104 Å². The first kappa shape index (κ1) is 21.4. The van der Waals surface area contributed by atoms with Crippen molar-refractivity contribution in [1.82, 2.24) is 25.0 Å². The maximum absolute atomic E-state index is 13.1. The highest BCUT2D eigenvalue weighted by atomic mass is 35.5. The van der Waals surface area contributed by atoms with Crippen LogP contribution < -0.4 is 27.8 Å². The average molecular weight is 453 g/mol. The molecule has 1 aromatic heterocycles. The molecule has 2 aromatic carbocycles. The normalized spacial score (nSPS) is 13.1. The van der Waals surface area contributed by atoms with Crippen LogP contribution in [0.3, 0.4) is 0 Å². The number of aryl methyl sites for hydroxylation is 1. The van der Waals surface area contributed by atoms with Crippen LogP contribution in [-0.2, 0) is 13.6 Å². The van der Waals surface area contributed by atoms with Crippen molar-refractivity contribution in [3.63, 3.8) is 0 Å². The van der Waals surface area contributed by atoms with Gasteiger partial charge in [0.05, 0.1) is 17.4 Å². The second-order valence-electron chi connectivity index (χ2n) is 7.35. The number of rotatable bonds is 5. The molecular formula is C22H21ClN6O3. The minimum absolute atomic E-state index is 0.0735. The van der Waals surface area contributed by atoms with Gasteiger partial charge in [0.15, 0.2) is 0 Å². The third-order valence-electron chi connectivity index (χ3n) is 5.14. The Morgan fingerprint density at radius 2 is 2.00 bits per heavy atom. The molecular weight excluding hydrogens is 432 g/mol. The molecule has 9 nitrogen and oxygen atoms in total. The van der Waals surface area contributed by atoms with Crippen LogP contribution in [0.15, 0.2) is 76.1 Å². The summed E-state index contributed by atoms with van der Waals surface area (Å²) < 4.78 is 2.53. The molecule has 32 heavy (non-hydrogen) atoms. The van der Waals surface area contributed by atoms with Crippen molar-refractivity contribution in [1.29, 1.82) is 0 Å². The van der Waals surface area contributed by atoms with E-state index < -0.39 is 11.2 Å². The second kappa shape index (κ2) is 8.74. The molecule has 3 aromatic rings. The summed E-state index contributed by atoms with van der Waals surface area (Å²) in [6.45, 7) is 0.352. The maximum atomic E-state index is 13.1. The summed E-state index contributed by atoms with van der Waals surface area (Å²) in [5, 5.41) is 4.88. The fourth-order valence-electron chi connectivity index (χ4n) is 3.43. The number of halogens is 1. The van der Waals surface area contributed by atoms with Gasteiger partial charge in [0, 0.05) is 36.6 Å². The molecule has 1 aliphatic rings. The molecule has 0 saturated heterocycles. The topological polar surface area (TPSA) is 114 Å². The van der Waals surface area contributed by atoms with E-state index in [2.05, 4.69) is 10.7 Å². The first-order valence-corrected chi connectivity index (χ1v) is 10.1. The molecule has 0 atom stereocenters. The van der Waals surface area contributed by atoms with Gasteiger partial charge in [-0.05, 0) is 47.5 Å². The Balaban J connectivity index is 1.65. The van der Waals surface area contributed by atoms with Crippen LogP contribution in [0.25, 0.3) is 10.9 Å². The molecule has 0 bridgehead atoms. The molecule has 0 unspecified atom stereocenters. The Kier molecular flexibility index (Phi) is 5.85. The van der Waals surface area contributed by atoms with Crippen molar-refractivity contribution in [2.75, 3.05) is 6.54 Å². The first-order valence-electron chi connectivity index (χ1n) is 9.77. The van der Waals surface area contributed by atoms with E-state index in [0.29, 0.717) is 16.1 Å². The van der Waals surface area contributed by atoms with Crippen LogP contribution in [0, 0.1) is 0 Å². The van der Waals surface area contributed by atoms with Gasteiger partial charge < -0.3 is 5.32 Å². The summed E-state index contributed by atoms with van der Waals surface area (Å²) in [4.78, 5) is 38.6. The van der Waals surface area contributed by atoms with Gasteiger partial charge in [-0.3, -0.25) is 24.1 Å². The molecule has 0 saturated carbocycles. The molecule has 0 fully saturated rings. The lowest BCUT2D eigenvalue weighted by molar-refractivity contribution is 0.0957. The number of nitrogens with two attached hydrogens (primary N) is 1. The van der Waals surface area contributed by atoms with Crippen LogP contribution in [0.1, 0.15) is 15.9 Å². The Hall–Kier alpha value is -3.82. The minimum atomic E-state index is -0.470. The van der Waals surface area contributed by atoms with Gasteiger partial charge in [0.25, 0.3) is 11.5 Å². The molecule has 4 N–H and O–H groups in total. The highest BCUT2D eigenvalue weighted by Crippen LogP contribution is 2.13. The van der Waals surface area contributed by atoms with E-state index in [0.717, 1.165) is 15.7 Å². The van der Waals surface area contributed by atoms with Crippen LogP contribution in [0.4, 0.5) is 0 Å². The molecule has 4 rings (SSSR count). The zero-order valence-electron chi connectivity index (χ0n) is 17.2. The van der Waals surface area contributed by atoms with Crippen LogP contribution >= 0.6 is 11.6 Å². The smallest absolute Gasteiger partial charge is 0.331 e. The predicted octanol–water partition coefficient (Wildman–Crippen LogP) is 1.22. The maximum Gasteiger partial charge on any atom is 0.331 e. The lowest BCUT2D eigenvalue weighted by Gasteiger charge is -2.18. The van der Waals surface area contributed by atoms with Gasteiger partial charge in [-0.15, -0.1) is 0 Å². The highest BCUT2D eigenvalue weighted by molar-refractivity contribution is 6.30. The summed E-state index contributed by atoms with van der Waals surface area (Å²) in [6, 6.07) is 11.7. The van der Waals surface area contributed by atoms with E-state index in [1.165, 1.54) is 15.8 Å². The van der Waals surface area contributed by atoms with Crippen molar-refractivity contribution in [2.45, 2.75) is 6.54 Å². The molecule has 0 aliphatic carbocycles. The SMILES string of the molecule is Cn1c(=O)n(Cc2cccc(Cl)c2)c(=O)c2cc(C(=O)NCC3=CNN(N)C=C3)ccc21. The predicted molar refractivity (Wildman–Crippen MR) is 123 cm³/mol. The van der Waals surface area contributed by atoms with E-state index >= 15 is 0 Å². The van der Waals surface area contributed by atoms with Gasteiger partial charge >= 0.3 is 5.69 Å². The lowest BCUT2D eigenvalue weighted by atomic mass is 10.1. The summed E-state index contributed by atoms with van der Waals surface area (Å²) in [7, 11) is 1.59. The number of carbonyl (C=O) groups is 1. The molecule has 1 aliphatic heterocycles. The van der Waals surface area contributed by atoms with Crippen molar-refractivity contribution < 1.29 is 4.79 Å². The van der Waals surface area contributed by atoms with E-state index in [9.17, 15) is 14.4 Å². The van der Waals surface area contributed by atoms with Crippen LogP contribution in [0.2, 0.25) is 5.02 Å². The minimum Gasteiger partial charge on any atom is -0.348 e. The number of nitrogens with zero attached hydrogens (tertiary/aromatic N) is 3. The summed E-state index contributed by atoms with van der Waals surface area (Å²) >= 11 is 6.03. The summed E-state index contributed by atoms with van der Waals surface area (Å²) in [5.41, 5.74) is 4.19. The van der Waals surface area contributed by atoms with Gasteiger partial charge in [-0.1, -0.05) is 23.7 Å². The zero-order chi connectivity index (χ0) is 22.8. The van der Waals surface area contributed by atoms with Gasteiger partial charge in [-0.25, -0.2) is 15.8 Å². The number of carbonyl (C=O) groups excluding carboxylic acids is 1. The van der Waals surface area contributed by atoms with E-state index in [1.54, 1.807) is 61.9 Å². The number of benzene rings is 2. The van der Waals surface area contributed by atoms with Crippen molar-refractivity contribution in [2.24, 2.45) is 12.9 Å². The highest BCUT2D eigenvalue weighted by Gasteiger charge is 2.15. The van der Waals surface area contributed by atoms with Gasteiger partial charge in [0.2, 0.25) is 0 Å². The van der Waals surface area contributed by atoms with Crippen molar-refractivity contribution in [3.8, 4) is 0 Å². The first-order chi connectivity index (χ1) is 15.3. The fourth-order valence-corrected chi connectivity index (χ4v) is 3.65. The van der Waals surface area contributed by atoms with Crippen LogP contribution in [0.5, 0.6) is 0 Å². The fraction of sp³-hybridized carbons (Fsp3) is 0.136. The molecule has 0 spiro atoms. The molecule has 2 heterocycles. The monoisotopic (exact) mass is 452 g/mol. The van der Waals surface area contributed by atoms with Gasteiger partial charge in [-0.2, -0.15) is 0 Å². The Morgan fingerprint density at radius 1 is 1.19 bits per heavy atom. The average Bonchev–Trinajstić information content (AvgIpc) is 2.79. The molecule has 164 valence electrons. The number of nitrogens with one attached hydrogen (secondary N) is 2. The lowest BCUT2D eigenvalue weighted by Crippen LogP contribution is -2.39. The Morgan fingerprint density at radius 3 is 2.72 bits per heavy atom. The zero-order valence-corrected chi connectivity index (χ0v) is 18.0. The Bertz CT molecular complexity index is 1390. The summed E-state index contributed by atoms with van der Waals surface area (Å²) in [5.74, 6) is 5.20. The number of hydrazine groups is 2. The van der Waals surface area contributed by atoms with Crippen molar-refractivity contribution >= 4 is 28.4 Å². The quantitative estimate of drug-likeness (QED) is 0.501. The van der Waals surface area contributed by atoms with Gasteiger partial charge in [0.1, 0.15) is 0 Å². The Labute approximate surface area is 187 Å².